The number of morpholine rings is 1. The fourth-order valence-corrected chi connectivity index (χ4v) is 4.64. The number of thiazole rings is 1. The van der Waals surface area contributed by atoms with Gasteiger partial charge in [0.25, 0.3) is 5.91 Å². The Kier molecular flexibility index (Phi) is 8.56. The van der Waals surface area contributed by atoms with E-state index >= 15 is 0 Å². The van der Waals surface area contributed by atoms with E-state index < -0.39 is 0 Å². The molecule has 180 valence electrons. The standard InChI is InChI=1S/C26H30ClN3O3S/c1-19-4-3-5-24(20(19)2)33-17-25-28-23(18-34-25)16-30(11-10-29-12-14-32-15-13-29)26(31)21-6-8-22(27)9-7-21/h3-9,18H,10-17H2,1-2H3. The molecule has 2 heterocycles. The Hall–Kier alpha value is -2.45. The molecule has 0 bridgehead atoms. The fourth-order valence-electron chi connectivity index (χ4n) is 3.82. The van der Waals surface area contributed by atoms with Crippen LogP contribution in [0, 0.1) is 13.8 Å². The number of hydrogen-bond donors (Lipinski definition) is 0. The number of carbonyl (C=O) groups is 1. The molecule has 8 heteroatoms. The molecule has 0 spiro atoms. The molecule has 1 aromatic heterocycles. The zero-order valence-electron chi connectivity index (χ0n) is 19.6. The van der Waals surface area contributed by atoms with E-state index in [9.17, 15) is 4.79 Å². The van der Waals surface area contributed by atoms with E-state index in [0.717, 1.165) is 54.9 Å². The molecule has 0 unspecified atom stereocenters. The number of halogens is 1. The molecule has 1 amide bonds. The van der Waals surface area contributed by atoms with Crippen LogP contribution in [-0.2, 0) is 17.9 Å². The third kappa shape index (κ3) is 6.57. The molecule has 0 N–H and O–H groups in total. The quantitative estimate of drug-likeness (QED) is 0.416. The van der Waals surface area contributed by atoms with Crippen molar-refractivity contribution in [2.75, 3.05) is 39.4 Å². The van der Waals surface area contributed by atoms with Gasteiger partial charge in [0.15, 0.2) is 0 Å². The molecule has 1 aliphatic heterocycles. The number of amides is 1. The summed E-state index contributed by atoms with van der Waals surface area (Å²) in [5, 5.41) is 3.52. The summed E-state index contributed by atoms with van der Waals surface area (Å²) in [5.41, 5.74) is 3.84. The number of carbonyl (C=O) groups excluding carboxylic acids is 1. The Morgan fingerprint density at radius 1 is 1.18 bits per heavy atom. The first-order valence-corrected chi connectivity index (χ1v) is 12.7. The van der Waals surface area contributed by atoms with Gasteiger partial charge in [0.1, 0.15) is 17.4 Å². The second-order valence-corrected chi connectivity index (χ2v) is 9.79. The Labute approximate surface area is 210 Å². The lowest BCUT2D eigenvalue weighted by Crippen LogP contribution is -2.43. The second-order valence-electron chi connectivity index (χ2n) is 8.41. The van der Waals surface area contributed by atoms with E-state index in [-0.39, 0.29) is 5.91 Å². The molecule has 0 saturated carbocycles. The Bertz CT molecular complexity index is 1100. The predicted octanol–water partition coefficient (Wildman–Crippen LogP) is 4.97. The summed E-state index contributed by atoms with van der Waals surface area (Å²) in [5.74, 6) is 0.855. The van der Waals surface area contributed by atoms with Gasteiger partial charge in [-0.25, -0.2) is 4.98 Å². The third-order valence-electron chi connectivity index (χ3n) is 6.03. The van der Waals surface area contributed by atoms with Gasteiger partial charge in [0.2, 0.25) is 0 Å². The molecule has 2 aromatic carbocycles. The highest BCUT2D eigenvalue weighted by Crippen LogP contribution is 2.23. The van der Waals surface area contributed by atoms with Gasteiger partial charge in [-0.3, -0.25) is 9.69 Å². The highest BCUT2D eigenvalue weighted by Gasteiger charge is 2.20. The summed E-state index contributed by atoms with van der Waals surface area (Å²) in [6.45, 7) is 9.67. The zero-order valence-corrected chi connectivity index (χ0v) is 21.2. The molecule has 0 atom stereocenters. The van der Waals surface area contributed by atoms with Crippen molar-refractivity contribution in [2.24, 2.45) is 0 Å². The van der Waals surface area contributed by atoms with Gasteiger partial charge in [-0.1, -0.05) is 23.7 Å². The number of hydrogen-bond acceptors (Lipinski definition) is 6. The van der Waals surface area contributed by atoms with Crippen molar-refractivity contribution in [3.63, 3.8) is 0 Å². The van der Waals surface area contributed by atoms with E-state index in [1.807, 2.05) is 22.4 Å². The molecular formula is C26H30ClN3O3S. The normalized spacial score (nSPS) is 14.2. The van der Waals surface area contributed by atoms with Crippen LogP contribution in [0.2, 0.25) is 5.02 Å². The average molecular weight is 500 g/mol. The van der Waals surface area contributed by atoms with Crippen molar-refractivity contribution in [3.05, 3.63) is 80.3 Å². The minimum absolute atomic E-state index is 0.0221. The summed E-state index contributed by atoms with van der Waals surface area (Å²) in [6, 6.07) is 13.1. The van der Waals surface area contributed by atoms with Gasteiger partial charge in [-0.2, -0.15) is 0 Å². The van der Waals surface area contributed by atoms with Crippen LogP contribution in [0.5, 0.6) is 5.75 Å². The monoisotopic (exact) mass is 499 g/mol. The Morgan fingerprint density at radius 3 is 2.71 bits per heavy atom. The molecule has 0 radical (unpaired) electrons. The number of ether oxygens (including phenoxy) is 2. The summed E-state index contributed by atoms with van der Waals surface area (Å²) in [7, 11) is 0. The summed E-state index contributed by atoms with van der Waals surface area (Å²) >= 11 is 7.58. The van der Waals surface area contributed by atoms with Gasteiger partial charge >= 0.3 is 0 Å². The largest absolute Gasteiger partial charge is 0.486 e. The lowest BCUT2D eigenvalue weighted by Gasteiger charge is -2.30. The zero-order chi connectivity index (χ0) is 23.9. The molecule has 3 aromatic rings. The highest BCUT2D eigenvalue weighted by molar-refractivity contribution is 7.09. The molecule has 0 aliphatic carbocycles. The number of nitrogens with zero attached hydrogens (tertiary/aromatic N) is 3. The average Bonchev–Trinajstić information content (AvgIpc) is 3.31. The lowest BCUT2D eigenvalue weighted by molar-refractivity contribution is 0.0319. The lowest BCUT2D eigenvalue weighted by atomic mass is 10.1. The van der Waals surface area contributed by atoms with E-state index in [2.05, 4.69) is 24.8 Å². The predicted molar refractivity (Wildman–Crippen MR) is 136 cm³/mol. The molecule has 1 fully saturated rings. The summed E-state index contributed by atoms with van der Waals surface area (Å²) in [4.78, 5) is 22.3. The van der Waals surface area contributed by atoms with Crippen LogP contribution in [0.1, 0.15) is 32.2 Å². The fraction of sp³-hybridized carbons (Fsp3) is 0.385. The van der Waals surface area contributed by atoms with Crippen molar-refractivity contribution in [2.45, 2.75) is 27.0 Å². The van der Waals surface area contributed by atoms with Crippen molar-refractivity contribution in [1.29, 1.82) is 0 Å². The summed E-state index contributed by atoms with van der Waals surface area (Å²) < 4.78 is 11.5. The molecule has 34 heavy (non-hydrogen) atoms. The van der Waals surface area contributed by atoms with Crippen molar-refractivity contribution in [3.8, 4) is 5.75 Å². The van der Waals surface area contributed by atoms with E-state index in [1.54, 1.807) is 35.6 Å². The molecule has 1 saturated heterocycles. The van der Waals surface area contributed by atoms with Crippen LogP contribution in [0.4, 0.5) is 0 Å². The molecule has 1 aliphatic rings. The number of rotatable bonds is 9. The minimum Gasteiger partial charge on any atom is -0.486 e. The van der Waals surface area contributed by atoms with E-state index in [1.165, 1.54) is 5.56 Å². The maximum atomic E-state index is 13.3. The van der Waals surface area contributed by atoms with Gasteiger partial charge in [0.05, 0.1) is 25.5 Å². The van der Waals surface area contributed by atoms with E-state index in [4.69, 9.17) is 26.1 Å². The highest BCUT2D eigenvalue weighted by atomic mass is 35.5. The van der Waals surface area contributed by atoms with Crippen LogP contribution in [0.15, 0.2) is 47.8 Å². The van der Waals surface area contributed by atoms with Crippen LogP contribution in [0.25, 0.3) is 0 Å². The van der Waals surface area contributed by atoms with Gasteiger partial charge < -0.3 is 14.4 Å². The SMILES string of the molecule is Cc1cccc(OCc2nc(CN(CCN3CCOCC3)C(=O)c3ccc(Cl)cc3)cs2)c1C. The maximum absolute atomic E-state index is 13.3. The topological polar surface area (TPSA) is 54.9 Å². The first-order valence-electron chi connectivity index (χ1n) is 11.5. The molecule has 6 nitrogen and oxygen atoms in total. The van der Waals surface area contributed by atoms with Crippen LogP contribution >= 0.6 is 22.9 Å². The maximum Gasteiger partial charge on any atom is 0.254 e. The van der Waals surface area contributed by atoms with Gasteiger partial charge in [0, 0.05) is 42.1 Å². The number of aryl methyl sites for hydroxylation is 1. The van der Waals surface area contributed by atoms with Gasteiger partial charge in [-0.05, 0) is 55.3 Å². The molecular weight excluding hydrogens is 470 g/mol. The second kappa shape index (κ2) is 11.8. The van der Waals surface area contributed by atoms with E-state index in [0.29, 0.717) is 30.3 Å². The van der Waals surface area contributed by atoms with Crippen molar-refractivity contribution >= 4 is 28.8 Å². The first-order chi connectivity index (χ1) is 16.5. The Morgan fingerprint density at radius 2 is 1.94 bits per heavy atom. The summed E-state index contributed by atoms with van der Waals surface area (Å²) in [6.07, 6.45) is 0. The number of benzene rings is 2. The first kappa shape index (κ1) is 24.7. The van der Waals surface area contributed by atoms with Crippen LogP contribution < -0.4 is 4.74 Å². The van der Waals surface area contributed by atoms with Crippen LogP contribution in [-0.4, -0.2) is 60.1 Å². The van der Waals surface area contributed by atoms with Crippen molar-refractivity contribution in [1.82, 2.24) is 14.8 Å². The number of aromatic nitrogens is 1. The van der Waals surface area contributed by atoms with Gasteiger partial charge in [-0.15, -0.1) is 11.3 Å². The molecule has 4 rings (SSSR count). The van der Waals surface area contributed by atoms with Crippen LogP contribution in [0.3, 0.4) is 0 Å². The minimum atomic E-state index is -0.0221. The van der Waals surface area contributed by atoms with Crippen molar-refractivity contribution < 1.29 is 14.3 Å². The Balaban J connectivity index is 1.42. The smallest absolute Gasteiger partial charge is 0.254 e. The third-order valence-corrected chi connectivity index (χ3v) is 7.15.